The zero-order valence-electron chi connectivity index (χ0n) is 8.95. The SMILES string of the molecule is CC1(CNS(=O)(=O)CC(N)=S)CCCC1. The lowest BCUT2D eigenvalue weighted by atomic mass is 9.89. The normalized spacial score (nSPS) is 20.3. The lowest BCUT2D eigenvalue weighted by molar-refractivity contribution is 0.336. The molecule has 0 aromatic carbocycles. The Kier molecular flexibility index (Phi) is 4.08. The van der Waals surface area contributed by atoms with Gasteiger partial charge in [-0.15, -0.1) is 0 Å². The van der Waals surface area contributed by atoms with Crippen molar-refractivity contribution >= 4 is 27.2 Å². The third kappa shape index (κ3) is 4.44. The Hall–Kier alpha value is -0.200. The minimum Gasteiger partial charge on any atom is -0.392 e. The van der Waals surface area contributed by atoms with Crippen LogP contribution in [0.3, 0.4) is 0 Å². The monoisotopic (exact) mass is 250 g/mol. The standard InChI is InChI=1S/C9H18N2O2S2/c1-9(4-2-3-5-9)7-11-15(12,13)6-8(10)14/h11H,2-7H2,1H3,(H2,10,14). The van der Waals surface area contributed by atoms with E-state index in [1.54, 1.807) is 0 Å². The van der Waals surface area contributed by atoms with Gasteiger partial charge in [-0.2, -0.15) is 0 Å². The molecule has 1 rings (SSSR count). The Balaban J connectivity index is 2.45. The number of hydrogen-bond acceptors (Lipinski definition) is 3. The minimum atomic E-state index is -3.32. The smallest absolute Gasteiger partial charge is 0.218 e. The predicted molar refractivity (Wildman–Crippen MR) is 65.1 cm³/mol. The van der Waals surface area contributed by atoms with Gasteiger partial charge < -0.3 is 5.73 Å². The third-order valence-electron chi connectivity index (χ3n) is 2.86. The van der Waals surface area contributed by atoms with E-state index in [0.29, 0.717) is 6.54 Å². The molecule has 0 radical (unpaired) electrons. The second kappa shape index (κ2) is 4.76. The molecule has 0 aromatic heterocycles. The van der Waals surface area contributed by atoms with Crippen molar-refractivity contribution in [2.75, 3.05) is 12.3 Å². The summed E-state index contributed by atoms with van der Waals surface area (Å²) in [5.74, 6) is -0.252. The van der Waals surface area contributed by atoms with E-state index >= 15 is 0 Å². The summed E-state index contributed by atoms with van der Waals surface area (Å²) in [6.45, 7) is 2.61. The molecule has 1 fully saturated rings. The van der Waals surface area contributed by atoms with Crippen LogP contribution in [-0.4, -0.2) is 25.7 Å². The van der Waals surface area contributed by atoms with Crippen LogP contribution in [0.25, 0.3) is 0 Å². The summed E-state index contributed by atoms with van der Waals surface area (Å²) in [5.41, 5.74) is 5.32. The molecule has 1 aliphatic rings. The van der Waals surface area contributed by atoms with Crippen LogP contribution in [0.5, 0.6) is 0 Å². The van der Waals surface area contributed by atoms with Gasteiger partial charge in [0.25, 0.3) is 0 Å². The summed E-state index contributed by atoms with van der Waals surface area (Å²) in [6.07, 6.45) is 4.55. The molecule has 0 aliphatic heterocycles. The highest BCUT2D eigenvalue weighted by Gasteiger charge is 2.29. The van der Waals surface area contributed by atoms with Crippen LogP contribution in [0, 0.1) is 5.41 Å². The molecule has 1 saturated carbocycles. The summed E-state index contributed by atoms with van der Waals surface area (Å²) in [4.78, 5) is 0.0130. The van der Waals surface area contributed by atoms with Gasteiger partial charge in [0, 0.05) is 6.54 Å². The first kappa shape index (κ1) is 12.9. The van der Waals surface area contributed by atoms with Crippen LogP contribution < -0.4 is 10.5 Å². The fourth-order valence-electron chi connectivity index (χ4n) is 1.93. The molecule has 0 unspecified atom stereocenters. The van der Waals surface area contributed by atoms with Crippen molar-refractivity contribution in [3.05, 3.63) is 0 Å². The zero-order chi connectivity index (χ0) is 11.5. The van der Waals surface area contributed by atoms with Crippen LogP contribution >= 0.6 is 12.2 Å². The molecule has 0 bridgehead atoms. The summed E-state index contributed by atoms with van der Waals surface area (Å²) < 4.78 is 25.5. The molecular formula is C9H18N2O2S2. The fourth-order valence-corrected chi connectivity index (χ4v) is 3.44. The predicted octanol–water partition coefficient (Wildman–Crippen LogP) is 0.772. The van der Waals surface area contributed by atoms with Gasteiger partial charge in [0.05, 0.1) is 4.99 Å². The van der Waals surface area contributed by atoms with Gasteiger partial charge in [-0.05, 0) is 18.3 Å². The van der Waals surface area contributed by atoms with Crippen molar-refractivity contribution < 1.29 is 8.42 Å². The minimum absolute atomic E-state index is 0.0130. The first-order chi connectivity index (χ1) is 6.83. The first-order valence-electron chi connectivity index (χ1n) is 5.09. The van der Waals surface area contributed by atoms with E-state index in [1.165, 1.54) is 12.8 Å². The molecule has 6 heteroatoms. The molecule has 0 amide bonds. The molecule has 1 aliphatic carbocycles. The Morgan fingerprint density at radius 2 is 2.00 bits per heavy atom. The lowest BCUT2D eigenvalue weighted by Crippen LogP contribution is -2.38. The van der Waals surface area contributed by atoms with E-state index in [9.17, 15) is 8.42 Å². The van der Waals surface area contributed by atoms with Crippen molar-refractivity contribution in [1.29, 1.82) is 0 Å². The van der Waals surface area contributed by atoms with E-state index in [2.05, 4.69) is 23.9 Å². The number of hydrogen-bond donors (Lipinski definition) is 2. The summed E-state index contributed by atoms with van der Waals surface area (Å²) >= 11 is 4.58. The molecule has 0 saturated heterocycles. The maximum Gasteiger partial charge on any atom is 0.218 e. The molecular weight excluding hydrogens is 232 g/mol. The molecule has 15 heavy (non-hydrogen) atoms. The van der Waals surface area contributed by atoms with Crippen molar-refractivity contribution in [2.24, 2.45) is 11.1 Å². The van der Waals surface area contributed by atoms with E-state index in [-0.39, 0.29) is 16.2 Å². The van der Waals surface area contributed by atoms with Crippen LogP contribution in [0.4, 0.5) is 0 Å². The van der Waals surface area contributed by atoms with E-state index in [1.807, 2.05) is 0 Å². The van der Waals surface area contributed by atoms with Gasteiger partial charge in [0.2, 0.25) is 10.0 Å². The summed E-state index contributed by atoms with van der Waals surface area (Å²) in [6, 6.07) is 0. The van der Waals surface area contributed by atoms with Crippen LogP contribution in [0.2, 0.25) is 0 Å². The fraction of sp³-hybridized carbons (Fsp3) is 0.889. The number of rotatable bonds is 5. The van der Waals surface area contributed by atoms with Gasteiger partial charge in [-0.25, -0.2) is 13.1 Å². The molecule has 0 aromatic rings. The topological polar surface area (TPSA) is 72.2 Å². The molecule has 0 spiro atoms. The molecule has 0 atom stereocenters. The Morgan fingerprint density at radius 3 is 2.47 bits per heavy atom. The highest BCUT2D eigenvalue weighted by Crippen LogP contribution is 2.36. The van der Waals surface area contributed by atoms with E-state index in [4.69, 9.17) is 5.73 Å². The van der Waals surface area contributed by atoms with Crippen molar-refractivity contribution in [3.8, 4) is 0 Å². The van der Waals surface area contributed by atoms with Crippen LogP contribution in [0.1, 0.15) is 32.6 Å². The number of nitrogens with two attached hydrogens (primary N) is 1. The Bertz CT molecular complexity index is 332. The number of thiocarbonyl (C=S) groups is 1. The maximum atomic E-state index is 11.5. The Morgan fingerprint density at radius 1 is 1.47 bits per heavy atom. The highest BCUT2D eigenvalue weighted by molar-refractivity contribution is 7.92. The highest BCUT2D eigenvalue weighted by atomic mass is 32.2. The lowest BCUT2D eigenvalue weighted by Gasteiger charge is -2.23. The van der Waals surface area contributed by atoms with E-state index < -0.39 is 10.0 Å². The Labute approximate surface area is 96.7 Å². The third-order valence-corrected chi connectivity index (χ3v) is 4.46. The van der Waals surface area contributed by atoms with Gasteiger partial charge in [0.1, 0.15) is 5.75 Å². The van der Waals surface area contributed by atoms with Crippen molar-refractivity contribution in [1.82, 2.24) is 4.72 Å². The largest absolute Gasteiger partial charge is 0.392 e. The first-order valence-corrected chi connectivity index (χ1v) is 7.15. The maximum absolute atomic E-state index is 11.5. The van der Waals surface area contributed by atoms with Gasteiger partial charge in [-0.1, -0.05) is 32.0 Å². The summed E-state index contributed by atoms with van der Waals surface area (Å²) in [5, 5.41) is 0. The number of nitrogens with one attached hydrogen (secondary N) is 1. The average molecular weight is 250 g/mol. The van der Waals surface area contributed by atoms with Crippen LogP contribution in [-0.2, 0) is 10.0 Å². The average Bonchev–Trinajstić information content (AvgIpc) is 2.48. The van der Waals surface area contributed by atoms with E-state index in [0.717, 1.165) is 12.8 Å². The van der Waals surface area contributed by atoms with Gasteiger partial charge >= 0.3 is 0 Å². The zero-order valence-corrected chi connectivity index (χ0v) is 10.6. The second-order valence-corrected chi connectivity index (χ2v) is 6.90. The quantitative estimate of drug-likeness (QED) is 0.707. The molecule has 4 nitrogen and oxygen atoms in total. The molecule has 0 heterocycles. The van der Waals surface area contributed by atoms with Gasteiger partial charge in [-0.3, -0.25) is 0 Å². The van der Waals surface area contributed by atoms with Crippen molar-refractivity contribution in [3.63, 3.8) is 0 Å². The number of sulfonamides is 1. The second-order valence-electron chi connectivity index (χ2n) is 4.56. The molecule has 3 N–H and O–H groups in total. The van der Waals surface area contributed by atoms with Gasteiger partial charge in [0.15, 0.2) is 0 Å². The summed E-state index contributed by atoms with van der Waals surface area (Å²) in [7, 11) is -3.32. The molecule has 88 valence electrons. The van der Waals surface area contributed by atoms with Crippen molar-refractivity contribution in [2.45, 2.75) is 32.6 Å². The van der Waals surface area contributed by atoms with Crippen LogP contribution in [0.15, 0.2) is 0 Å².